The Labute approximate surface area is 244 Å². The Kier molecular flexibility index (Phi) is 7.64. The molecule has 0 atom stereocenters. The first kappa shape index (κ1) is 21.6. The molecule has 2 aliphatic rings. The topological polar surface area (TPSA) is 31.2 Å². The van der Waals surface area contributed by atoms with E-state index in [2.05, 4.69) is 9.80 Å². The lowest BCUT2D eigenvalue weighted by Gasteiger charge is -2.36. The van der Waals surface area contributed by atoms with Gasteiger partial charge in [-0.15, -0.1) is 0 Å². The maximum Gasteiger partial charge on any atom is 0.129 e. The van der Waals surface area contributed by atoms with Gasteiger partial charge < -0.3 is 19.5 Å². The second-order valence-electron chi connectivity index (χ2n) is 11.0. The molecule has 0 saturated carbocycles. The smallest absolute Gasteiger partial charge is 0.129 e. The summed E-state index contributed by atoms with van der Waals surface area (Å²) in [5.74, 6) is 0.243. The Hall–Kier alpha value is -3.15. The molecule has 0 amide bonds. The third kappa shape index (κ3) is 7.93. The molecule has 0 bridgehead atoms. The zero-order valence-electron chi connectivity index (χ0n) is 30.2. The number of rotatable bonds is 11. The van der Waals surface area contributed by atoms with Crippen LogP contribution in [0.3, 0.4) is 0 Å². The van der Waals surface area contributed by atoms with Gasteiger partial charge in [0.15, 0.2) is 0 Å². The van der Waals surface area contributed by atoms with Crippen molar-refractivity contribution in [2.75, 3.05) is 70.7 Å². The zero-order chi connectivity index (χ0) is 33.0. The van der Waals surface area contributed by atoms with Gasteiger partial charge in [0.2, 0.25) is 0 Å². The van der Waals surface area contributed by atoms with Crippen molar-refractivity contribution in [1.29, 1.82) is 0 Å². The van der Waals surface area contributed by atoms with E-state index in [0.29, 0.717) is 52.2 Å². The summed E-state index contributed by atoms with van der Waals surface area (Å²) in [5.41, 5.74) is 3.45. The van der Waals surface area contributed by atoms with Crippen molar-refractivity contribution < 1.29 is 17.9 Å². The lowest BCUT2D eigenvalue weighted by Crippen LogP contribution is -3.09. The average Bonchev–Trinajstić information content (AvgIpc) is 2.92. The molecule has 0 spiro atoms. The van der Waals surface area contributed by atoms with E-state index in [9.17, 15) is 4.79 Å². The molecule has 2 aromatic carbocycles. The molecule has 0 unspecified atom stereocenters. The summed E-state index contributed by atoms with van der Waals surface area (Å²) in [5, 5.41) is 0. The molecule has 1 fully saturated rings. The highest BCUT2D eigenvalue weighted by molar-refractivity contribution is 5.86. The number of quaternary nitrogens is 1. The quantitative estimate of drug-likeness (QED) is 0.432. The zero-order valence-corrected chi connectivity index (χ0v) is 24.2. The van der Waals surface area contributed by atoms with Crippen LogP contribution in [0.4, 0.5) is 11.4 Å². The highest BCUT2D eigenvalue weighted by Crippen LogP contribution is 2.32. The number of carbonyl (C=O) groups excluding carboxylic acids is 1. The third-order valence-corrected chi connectivity index (χ3v) is 7.35. The van der Waals surface area contributed by atoms with E-state index in [-0.39, 0.29) is 30.0 Å². The van der Waals surface area contributed by atoms with Gasteiger partial charge >= 0.3 is 0 Å². The molecule has 5 heteroatoms. The van der Waals surface area contributed by atoms with Crippen LogP contribution in [0.5, 0.6) is 0 Å². The highest BCUT2D eigenvalue weighted by atomic mass is 16.1. The van der Waals surface area contributed by atoms with E-state index in [1.165, 1.54) is 0 Å². The second kappa shape index (κ2) is 13.8. The third-order valence-electron chi connectivity index (χ3n) is 7.35. The van der Waals surface area contributed by atoms with Gasteiger partial charge in [-0.2, -0.15) is 0 Å². The molecular formula is C34H47N4O+. The van der Waals surface area contributed by atoms with Crippen LogP contribution in [0.15, 0.2) is 78.3 Å². The number of hydrogen-bond acceptors (Lipinski definition) is 4. The molecule has 1 heterocycles. The number of nitrogens with one attached hydrogen (secondary N) is 1. The number of nitrogens with zero attached hydrogens (tertiary/aromatic N) is 3. The minimum Gasteiger partial charge on any atom is -0.378 e. The van der Waals surface area contributed by atoms with Crippen molar-refractivity contribution in [3.05, 3.63) is 89.4 Å². The van der Waals surface area contributed by atoms with E-state index in [1.54, 1.807) is 62.3 Å². The fraction of sp³-hybridized carbons (Fsp3) is 0.441. The van der Waals surface area contributed by atoms with E-state index < -0.39 is 6.04 Å². The summed E-state index contributed by atoms with van der Waals surface area (Å²) >= 11 is 0. The molecule has 208 valence electrons. The van der Waals surface area contributed by atoms with Crippen LogP contribution in [0.2, 0.25) is 0 Å². The number of unbranched alkanes of at least 4 members (excludes halogenated alkanes) is 2. The van der Waals surface area contributed by atoms with E-state index >= 15 is 0 Å². The first-order valence-electron chi connectivity index (χ1n) is 17.1. The number of hydrogen-bond donors (Lipinski definition) is 1. The van der Waals surface area contributed by atoms with Gasteiger partial charge in [-0.25, -0.2) is 0 Å². The largest absolute Gasteiger partial charge is 0.378 e. The average molecular weight is 534 g/mol. The summed E-state index contributed by atoms with van der Waals surface area (Å²) in [7, 11) is 7.43. The van der Waals surface area contributed by atoms with Crippen LogP contribution < -0.4 is 14.7 Å². The number of likely N-dealkylation sites (N-methyl/N-ethyl adjacent to an activating group) is 1. The molecular weight excluding hydrogens is 480 g/mol. The van der Waals surface area contributed by atoms with Crippen LogP contribution in [0.1, 0.15) is 52.0 Å². The Morgan fingerprint density at radius 3 is 2.05 bits per heavy atom. The minimum atomic E-state index is -0.398. The van der Waals surface area contributed by atoms with Crippen LogP contribution in [0, 0.1) is 0 Å². The highest BCUT2D eigenvalue weighted by Gasteiger charge is 2.19. The molecule has 4 rings (SSSR count). The van der Waals surface area contributed by atoms with Gasteiger partial charge in [-0.05, 0) is 84.9 Å². The van der Waals surface area contributed by atoms with E-state index in [0.717, 1.165) is 56.9 Å². The number of benzene rings is 2. The van der Waals surface area contributed by atoms with Crippen LogP contribution in [0.25, 0.3) is 5.57 Å². The molecule has 2 aromatic rings. The van der Waals surface area contributed by atoms with Crippen molar-refractivity contribution in [1.82, 2.24) is 4.90 Å². The number of Topliss-reactive ketones (excluding diaryl/α,β-unsaturated/α-hetero) is 1. The van der Waals surface area contributed by atoms with Gasteiger partial charge in [0.05, 0.1) is 22.3 Å². The van der Waals surface area contributed by atoms with Gasteiger partial charge in [0.25, 0.3) is 0 Å². The van der Waals surface area contributed by atoms with Crippen molar-refractivity contribution in [3.8, 4) is 0 Å². The lowest BCUT2D eigenvalue weighted by molar-refractivity contribution is -0.871. The maximum atomic E-state index is 11.2. The Bertz CT molecular complexity index is 1440. The molecule has 1 N–H and O–H groups in total. The van der Waals surface area contributed by atoms with Crippen molar-refractivity contribution in [3.63, 3.8) is 0 Å². The van der Waals surface area contributed by atoms with Gasteiger partial charge in [-0.3, -0.25) is 4.90 Å². The predicted octanol–water partition coefficient (Wildman–Crippen LogP) is 4.47. The summed E-state index contributed by atoms with van der Waals surface area (Å²) in [6, 6.07) is 7.87. The van der Waals surface area contributed by atoms with Gasteiger partial charge in [0, 0.05) is 58.1 Å². The number of carbonyl (C=O) groups is 1. The standard InChI is InChI=1S/C34H46N4O/c1-27(39)9-7-6-8-22-37-23-25-38(26-24-37)33-20-14-30(15-21-33)34(28-10-16-31(17-11-28)35(2)3)29-12-18-32(19-13-29)36(4)5/h10-21,31H,6-9,22-26H2,1-5H3/p+1/i16D,17D,18D,19D,20D,21D. The number of allylic oxidation sites excluding steroid dienone is 3. The number of anilines is 2. The lowest BCUT2D eigenvalue weighted by atomic mass is 9.90. The van der Waals surface area contributed by atoms with Crippen LogP contribution >= 0.6 is 0 Å². The van der Waals surface area contributed by atoms with Crippen molar-refractivity contribution in [2.24, 2.45) is 0 Å². The first-order valence-corrected chi connectivity index (χ1v) is 14.1. The fourth-order valence-corrected chi connectivity index (χ4v) is 4.98. The Balaban J connectivity index is 1.68. The summed E-state index contributed by atoms with van der Waals surface area (Å²) in [6.07, 6.45) is 7.15. The second-order valence-corrected chi connectivity index (χ2v) is 11.0. The van der Waals surface area contributed by atoms with Crippen molar-refractivity contribution in [2.45, 2.75) is 38.6 Å². The SMILES string of the molecule is [2H]C1=CC(=C(c2cc([2H])c(N(C)C)c([2H])c2)c2cc([2H])c(N3CCN(CCCCCC(C)=O)CC3)c([2H])c2)C=C([2H])C1[NH+](C)C. The molecule has 39 heavy (non-hydrogen) atoms. The number of ketones is 1. The number of piperazine rings is 1. The molecule has 1 saturated heterocycles. The Morgan fingerprint density at radius 1 is 0.923 bits per heavy atom. The minimum absolute atomic E-state index is 0.183. The Morgan fingerprint density at radius 2 is 1.51 bits per heavy atom. The maximum absolute atomic E-state index is 11.2. The molecule has 1 aliphatic carbocycles. The van der Waals surface area contributed by atoms with Gasteiger partial charge in [-0.1, -0.05) is 42.8 Å². The first-order chi connectivity index (χ1) is 21.3. The monoisotopic (exact) mass is 533 g/mol. The fourth-order valence-electron chi connectivity index (χ4n) is 4.98. The summed E-state index contributed by atoms with van der Waals surface area (Å²) in [4.78, 5) is 18.4. The predicted molar refractivity (Wildman–Crippen MR) is 166 cm³/mol. The molecule has 0 aromatic heterocycles. The summed E-state index contributed by atoms with van der Waals surface area (Å²) < 4.78 is 52.9. The molecule has 1 aliphatic heterocycles. The van der Waals surface area contributed by atoms with Crippen LogP contribution in [-0.4, -0.2) is 77.6 Å². The van der Waals surface area contributed by atoms with Crippen LogP contribution in [-0.2, 0) is 4.79 Å². The molecule has 0 radical (unpaired) electrons. The normalized spacial score (nSPS) is 20.3. The van der Waals surface area contributed by atoms with Crippen molar-refractivity contribution >= 4 is 22.7 Å². The van der Waals surface area contributed by atoms with Gasteiger partial charge in [0.1, 0.15) is 11.8 Å². The van der Waals surface area contributed by atoms with E-state index in [4.69, 9.17) is 8.22 Å². The molecule has 5 nitrogen and oxygen atoms in total. The van der Waals surface area contributed by atoms with E-state index in [1.807, 2.05) is 14.1 Å². The summed E-state index contributed by atoms with van der Waals surface area (Å²) in [6.45, 7) is 5.77.